The van der Waals surface area contributed by atoms with Crippen molar-refractivity contribution in [1.29, 1.82) is 0 Å². The van der Waals surface area contributed by atoms with Crippen LogP contribution in [-0.4, -0.2) is 11.8 Å². The van der Waals surface area contributed by atoms with Crippen molar-refractivity contribution in [2.75, 3.05) is 0 Å². The van der Waals surface area contributed by atoms with Gasteiger partial charge in [-0.2, -0.15) is 0 Å². The first-order valence-corrected chi connectivity index (χ1v) is 7.66. The van der Waals surface area contributed by atoms with Crippen LogP contribution < -0.4 is 0 Å². The number of rotatable bonds is 1. The Morgan fingerprint density at radius 3 is 2.81 bits per heavy atom. The van der Waals surface area contributed by atoms with Crippen molar-refractivity contribution >= 4 is 11.8 Å². The molecular formula is C17H22O4. The number of hydrogen-bond donors (Lipinski definition) is 0. The van der Waals surface area contributed by atoms with Crippen molar-refractivity contribution in [3.8, 4) is 0 Å². The van der Waals surface area contributed by atoms with E-state index in [4.69, 9.17) is 9.15 Å². The quantitative estimate of drug-likeness (QED) is 0.737. The molecule has 4 atom stereocenters. The van der Waals surface area contributed by atoms with E-state index in [9.17, 15) is 9.59 Å². The van der Waals surface area contributed by atoms with E-state index in [2.05, 4.69) is 13.8 Å². The van der Waals surface area contributed by atoms with Crippen molar-refractivity contribution < 1.29 is 18.7 Å². The molecule has 1 aromatic rings. The molecule has 4 heteroatoms. The Morgan fingerprint density at radius 1 is 1.43 bits per heavy atom. The fraction of sp³-hybridized carbons (Fsp3) is 0.647. The molecule has 3 rings (SSSR count). The van der Waals surface area contributed by atoms with Crippen LogP contribution in [0.3, 0.4) is 0 Å². The molecule has 0 saturated heterocycles. The van der Waals surface area contributed by atoms with Gasteiger partial charge in [-0.1, -0.05) is 20.3 Å². The first-order chi connectivity index (χ1) is 9.87. The molecule has 114 valence electrons. The molecule has 1 saturated carbocycles. The highest BCUT2D eigenvalue weighted by atomic mass is 16.5. The highest BCUT2D eigenvalue weighted by molar-refractivity contribution is 5.99. The normalized spacial score (nSPS) is 35.0. The summed E-state index contributed by atoms with van der Waals surface area (Å²) in [6.45, 7) is 7.60. The van der Waals surface area contributed by atoms with Gasteiger partial charge in [-0.3, -0.25) is 9.59 Å². The van der Waals surface area contributed by atoms with Crippen molar-refractivity contribution in [2.24, 2.45) is 17.3 Å². The fourth-order valence-corrected chi connectivity index (χ4v) is 4.24. The highest BCUT2D eigenvalue weighted by Crippen LogP contribution is 2.59. The number of ketones is 1. The van der Waals surface area contributed by atoms with Gasteiger partial charge in [0, 0.05) is 23.8 Å². The topological polar surface area (TPSA) is 56.5 Å². The zero-order valence-corrected chi connectivity index (χ0v) is 13.1. The maximum absolute atomic E-state index is 12.8. The summed E-state index contributed by atoms with van der Waals surface area (Å²) in [7, 11) is 0. The van der Waals surface area contributed by atoms with Crippen LogP contribution in [0.1, 0.15) is 67.8 Å². The van der Waals surface area contributed by atoms with Crippen LogP contribution in [0.2, 0.25) is 0 Å². The molecule has 2 aliphatic carbocycles. The van der Waals surface area contributed by atoms with E-state index >= 15 is 0 Å². The van der Waals surface area contributed by atoms with Crippen LogP contribution in [0, 0.1) is 24.2 Å². The molecule has 1 heterocycles. The molecule has 0 unspecified atom stereocenters. The predicted molar refractivity (Wildman–Crippen MR) is 76.9 cm³/mol. The minimum absolute atomic E-state index is 0.0792. The molecule has 0 amide bonds. The van der Waals surface area contributed by atoms with Gasteiger partial charge in [0.2, 0.25) is 5.78 Å². The van der Waals surface area contributed by atoms with E-state index in [-0.39, 0.29) is 29.2 Å². The molecule has 0 aliphatic heterocycles. The molecule has 0 N–H and O–H groups in total. The number of carbonyl (C=O) groups excluding carboxylic acids is 2. The standard InChI is InChI=1S/C17H22O4/c1-9-8-20-15-13(9)16(21-11(3)18)17(4)10(2)6-5-7-12(17)14(15)19/h8,10,12,16H,5-7H2,1-4H3/t10-,12-,16+,17+/m0/s1. The Balaban J connectivity index is 2.20. The smallest absolute Gasteiger partial charge is 0.303 e. The zero-order valence-electron chi connectivity index (χ0n) is 13.1. The van der Waals surface area contributed by atoms with Crippen molar-refractivity contribution in [3.05, 3.63) is 23.2 Å². The largest absolute Gasteiger partial charge is 0.461 e. The van der Waals surface area contributed by atoms with E-state index in [0.29, 0.717) is 11.7 Å². The number of aryl methyl sites for hydroxylation is 1. The Hall–Kier alpha value is -1.58. The van der Waals surface area contributed by atoms with Gasteiger partial charge in [0.05, 0.1) is 6.26 Å². The van der Waals surface area contributed by atoms with Gasteiger partial charge < -0.3 is 9.15 Å². The van der Waals surface area contributed by atoms with Crippen LogP contribution in [0.4, 0.5) is 0 Å². The first-order valence-electron chi connectivity index (χ1n) is 7.66. The molecule has 21 heavy (non-hydrogen) atoms. The molecule has 4 nitrogen and oxygen atoms in total. The van der Waals surface area contributed by atoms with E-state index in [1.165, 1.54) is 6.92 Å². The SMILES string of the molecule is CC(=O)O[C@@H]1c2c(C)coc2C(=O)[C@@H]2CCC[C@H](C)[C@@]12C. The van der Waals surface area contributed by atoms with E-state index in [1.807, 2.05) is 6.92 Å². The number of carbonyl (C=O) groups is 2. The summed E-state index contributed by atoms with van der Waals surface area (Å²) in [6, 6.07) is 0. The summed E-state index contributed by atoms with van der Waals surface area (Å²) in [4.78, 5) is 24.4. The van der Waals surface area contributed by atoms with Crippen LogP contribution in [-0.2, 0) is 9.53 Å². The Bertz CT molecular complexity index is 600. The molecule has 1 aromatic heterocycles. The molecule has 1 fully saturated rings. The van der Waals surface area contributed by atoms with Crippen molar-refractivity contribution in [2.45, 2.75) is 53.1 Å². The summed E-state index contributed by atoms with van der Waals surface area (Å²) >= 11 is 0. The van der Waals surface area contributed by atoms with Crippen LogP contribution in [0.15, 0.2) is 10.7 Å². The minimum atomic E-state index is -0.387. The number of furan rings is 1. The Morgan fingerprint density at radius 2 is 2.14 bits per heavy atom. The lowest BCUT2D eigenvalue weighted by molar-refractivity contribution is -0.163. The Labute approximate surface area is 124 Å². The number of Topliss-reactive ketones (excluding diaryl/α,β-unsaturated/α-hetero) is 1. The average molecular weight is 290 g/mol. The number of esters is 1. The van der Waals surface area contributed by atoms with Gasteiger partial charge in [0.15, 0.2) is 5.76 Å². The lowest BCUT2D eigenvalue weighted by atomic mass is 9.54. The van der Waals surface area contributed by atoms with Gasteiger partial charge in [-0.05, 0) is 31.2 Å². The van der Waals surface area contributed by atoms with E-state index in [1.54, 1.807) is 6.26 Å². The van der Waals surface area contributed by atoms with Gasteiger partial charge >= 0.3 is 5.97 Å². The average Bonchev–Trinajstić information content (AvgIpc) is 2.79. The maximum atomic E-state index is 12.8. The third-order valence-corrected chi connectivity index (χ3v) is 5.62. The number of fused-ring (bicyclic) bond motifs is 2. The summed E-state index contributed by atoms with van der Waals surface area (Å²) in [6.07, 6.45) is 4.15. The second-order valence-electron chi connectivity index (χ2n) is 6.77. The molecule has 0 aromatic carbocycles. The van der Waals surface area contributed by atoms with Crippen molar-refractivity contribution in [3.63, 3.8) is 0 Å². The molecule has 0 radical (unpaired) electrons. The first kappa shape index (κ1) is 14.4. The lowest BCUT2D eigenvalue weighted by Gasteiger charge is -2.51. The highest BCUT2D eigenvalue weighted by Gasteiger charge is 2.58. The lowest BCUT2D eigenvalue weighted by Crippen LogP contribution is -2.50. The van der Waals surface area contributed by atoms with Crippen LogP contribution >= 0.6 is 0 Å². The third kappa shape index (κ3) is 1.88. The minimum Gasteiger partial charge on any atom is -0.461 e. The predicted octanol–water partition coefficient (Wildman–Crippen LogP) is 3.83. The summed E-state index contributed by atoms with van der Waals surface area (Å²) in [5.41, 5.74) is 1.33. The number of hydrogen-bond acceptors (Lipinski definition) is 4. The molecule has 2 aliphatic rings. The maximum Gasteiger partial charge on any atom is 0.303 e. The van der Waals surface area contributed by atoms with Crippen LogP contribution in [0.25, 0.3) is 0 Å². The molecule has 0 bridgehead atoms. The van der Waals surface area contributed by atoms with Gasteiger partial charge in [-0.15, -0.1) is 0 Å². The van der Waals surface area contributed by atoms with E-state index in [0.717, 1.165) is 30.4 Å². The third-order valence-electron chi connectivity index (χ3n) is 5.62. The summed E-state index contributed by atoms with van der Waals surface area (Å²) in [5, 5.41) is 0. The second kappa shape index (κ2) is 4.72. The second-order valence-corrected chi connectivity index (χ2v) is 6.77. The van der Waals surface area contributed by atoms with Gasteiger partial charge in [-0.25, -0.2) is 0 Å². The van der Waals surface area contributed by atoms with Crippen LogP contribution in [0.5, 0.6) is 0 Å². The Kier molecular flexibility index (Phi) is 3.23. The van der Waals surface area contributed by atoms with E-state index < -0.39 is 0 Å². The van der Waals surface area contributed by atoms with Crippen molar-refractivity contribution in [1.82, 2.24) is 0 Å². The summed E-state index contributed by atoms with van der Waals surface area (Å²) < 4.78 is 11.2. The zero-order chi connectivity index (χ0) is 15.4. The monoisotopic (exact) mass is 290 g/mol. The van der Waals surface area contributed by atoms with Gasteiger partial charge in [0.25, 0.3) is 0 Å². The molecule has 0 spiro atoms. The number of ether oxygens (including phenoxy) is 1. The summed E-state index contributed by atoms with van der Waals surface area (Å²) in [5.74, 6) is 0.375. The fourth-order valence-electron chi connectivity index (χ4n) is 4.24. The molecular weight excluding hydrogens is 268 g/mol. The van der Waals surface area contributed by atoms with Gasteiger partial charge in [0.1, 0.15) is 6.10 Å².